The summed E-state index contributed by atoms with van der Waals surface area (Å²) in [6, 6.07) is 14.4. The van der Waals surface area contributed by atoms with Crippen molar-refractivity contribution in [2.24, 2.45) is 0 Å². The predicted molar refractivity (Wildman–Crippen MR) is 145 cm³/mol. The van der Waals surface area contributed by atoms with Crippen LogP contribution in [0.1, 0.15) is 44.4 Å². The second kappa shape index (κ2) is 10.6. The first-order valence-electron chi connectivity index (χ1n) is 12.1. The maximum atomic E-state index is 13.8. The molecule has 0 saturated heterocycles. The van der Waals surface area contributed by atoms with Crippen LogP contribution in [0.15, 0.2) is 83.0 Å². The molecule has 1 aliphatic rings. The number of Topliss-reactive ketones (excluding diaryl/α,β-unsaturated/α-hetero) is 1. The van der Waals surface area contributed by atoms with Gasteiger partial charge in [0.2, 0.25) is 5.78 Å². The van der Waals surface area contributed by atoms with Crippen molar-refractivity contribution in [1.82, 2.24) is 4.98 Å². The highest BCUT2D eigenvalue weighted by atomic mass is 32.1. The molecule has 0 radical (unpaired) electrons. The highest BCUT2D eigenvalue weighted by Crippen LogP contribution is 2.44. The van der Waals surface area contributed by atoms with E-state index in [9.17, 15) is 19.5 Å². The number of aromatic nitrogens is 1. The Morgan fingerprint density at radius 1 is 1.21 bits per heavy atom. The molecule has 1 unspecified atom stereocenters. The summed E-state index contributed by atoms with van der Waals surface area (Å²) in [7, 11) is 0. The van der Waals surface area contributed by atoms with Crippen LogP contribution in [-0.2, 0) is 9.53 Å². The monoisotopic (exact) mass is 544 g/mol. The highest BCUT2D eigenvalue weighted by molar-refractivity contribution is 7.17. The summed E-state index contributed by atoms with van der Waals surface area (Å²) in [6.07, 6.45) is 1.61. The number of aryl methyl sites for hydroxylation is 1. The van der Waals surface area contributed by atoms with Crippen molar-refractivity contribution in [1.29, 1.82) is 0 Å². The van der Waals surface area contributed by atoms with Crippen molar-refractivity contribution in [3.05, 3.63) is 100 Å². The number of rotatable bonds is 9. The summed E-state index contributed by atoms with van der Waals surface area (Å²) in [6.45, 7) is 7.43. The number of fused-ring (bicyclic) bond motifs is 1. The number of aliphatic hydroxyl groups is 1. The Morgan fingerprint density at radius 2 is 1.95 bits per heavy atom. The fourth-order valence-electron chi connectivity index (χ4n) is 4.35. The quantitative estimate of drug-likeness (QED) is 0.161. The molecule has 1 N–H and O–H groups in total. The molecule has 4 aromatic rings. The van der Waals surface area contributed by atoms with Crippen LogP contribution in [0.5, 0.6) is 5.75 Å². The van der Waals surface area contributed by atoms with Gasteiger partial charge in [-0.05, 0) is 43.7 Å². The van der Waals surface area contributed by atoms with E-state index in [4.69, 9.17) is 13.9 Å². The predicted octanol–water partition coefficient (Wildman–Crippen LogP) is 5.72. The molecule has 0 aliphatic carbocycles. The molecule has 1 amide bonds. The normalized spacial score (nSPS) is 15.2. The third kappa shape index (κ3) is 4.70. The number of carbonyl (C=O) groups excluding carboxylic acids is 3. The number of carbonyl (C=O) groups is 3. The smallest absolute Gasteiger partial charge is 0.350 e. The lowest BCUT2D eigenvalue weighted by atomic mass is 9.95. The van der Waals surface area contributed by atoms with Gasteiger partial charge in [-0.3, -0.25) is 14.5 Å². The maximum absolute atomic E-state index is 13.8. The van der Waals surface area contributed by atoms with Crippen LogP contribution < -0.4 is 9.64 Å². The third-order valence-corrected chi connectivity index (χ3v) is 7.25. The molecule has 0 saturated carbocycles. The average molecular weight is 545 g/mol. The lowest BCUT2D eigenvalue weighted by Gasteiger charge is -2.24. The number of hydrogen-bond donors (Lipinski definition) is 1. The highest BCUT2D eigenvalue weighted by Gasteiger charge is 2.47. The first kappa shape index (κ1) is 25.9. The number of nitrogens with zero attached hydrogens (tertiary/aromatic N) is 2. The average Bonchev–Trinajstić information content (AvgIpc) is 3.61. The van der Waals surface area contributed by atoms with E-state index < -0.39 is 29.5 Å². The first-order chi connectivity index (χ1) is 18.8. The lowest BCUT2D eigenvalue weighted by molar-refractivity contribution is -0.117. The minimum atomic E-state index is -1.05. The number of para-hydroxylation sites is 1. The maximum Gasteiger partial charge on any atom is 0.350 e. The largest absolute Gasteiger partial charge is 0.503 e. The third-order valence-electron chi connectivity index (χ3n) is 6.12. The van der Waals surface area contributed by atoms with Crippen molar-refractivity contribution >= 4 is 45.1 Å². The second-order valence-corrected chi connectivity index (χ2v) is 9.60. The molecule has 3 heterocycles. The van der Waals surface area contributed by atoms with Gasteiger partial charge in [0.05, 0.1) is 23.9 Å². The Balaban J connectivity index is 1.61. The number of amides is 1. The minimum Gasteiger partial charge on any atom is -0.503 e. The van der Waals surface area contributed by atoms with Crippen LogP contribution in [0.2, 0.25) is 0 Å². The van der Waals surface area contributed by atoms with Gasteiger partial charge in [-0.15, -0.1) is 0 Å². The topological polar surface area (TPSA) is 119 Å². The number of ketones is 1. The van der Waals surface area contributed by atoms with Crippen LogP contribution in [-0.4, -0.2) is 41.0 Å². The molecular weight excluding hydrogens is 520 g/mol. The van der Waals surface area contributed by atoms with Crippen LogP contribution in [0.3, 0.4) is 0 Å². The van der Waals surface area contributed by atoms with E-state index in [1.165, 1.54) is 4.90 Å². The zero-order chi connectivity index (χ0) is 27.7. The van der Waals surface area contributed by atoms with Crippen LogP contribution in [0, 0.1) is 6.92 Å². The van der Waals surface area contributed by atoms with E-state index in [1.54, 1.807) is 68.5 Å². The van der Waals surface area contributed by atoms with Crippen molar-refractivity contribution in [3.8, 4) is 5.75 Å². The summed E-state index contributed by atoms with van der Waals surface area (Å²) in [5.41, 5.74) is 1.22. The Morgan fingerprint density at radius 3 is 2.64 bits per heavy atom. The molecule has 9 nitrogen and oxygen atoms in total. The van der Waals surface area contributed by atoms with Crippen LogP contribution >= 0.6 is 11.3 Å². The van der Waals surface area contributed by atoms with Gasteiger partial charge in [-0.1, -0.05) is 54.3 Å². The zero-order valence-electron chi connectivity index (χ0n) is 21.2. The van der Waals surface area contributed by atoms with Gasteiger partial charge in [0.25, 0.3) is 5.91 Å². The van der Waals surface area contributed by atoms with Gasteiger partial charge in [0.15, 0.2) is 16.7 Å². The number of aliphatic hydroxyl groups excluding tert-OH is 1. The standard InChI is InChI=1S/C29H24N2O7S/c1-4-14-37-19-12-10-17(11-13-19)23-22(24(32)21-15-18-8-6-7-9-20(18)38-21)25(33)27(34)31(23)29-30-16(3)26(39-29)28(35)36-5-2/h4,6-13,15,23,33H,1,5,14H2,2-3H3. The van der Waals surface area contributed by atoms with Crippen molar-refractivity contribution in [3.63, 3.8) is 0 Å². The molecule has 39 heavy (non-hydrogen) atoms. The molecule has 0 spiro atoms. The molecule has 10 heteroatoms. The summed E-state index contributed by atoms with van der Waals surface area (Å²) in [5, 5.41) is 11.9. The Kier molecular flexibility index (Phi) is 7.03. The van der Waals surface area contributed by atoms with Crippen molar-refractivity contribution in [2.75, 3.05) is 18.1 Å². The van der Waals surface area contributed by atoms with Gasteiger partial charge in [-0.25, -0.2) is 9.78 Å². The summed E-state index contributed by atoms with van der Waals surface area (Å²) >= 11 is 0.948. The molecular formula is C29H24N2O7S. The Labute approximate surface area is 227 Å². The van der Waals surface area contributed by atoms with Crippen LogP contribution in [0.25, 0.3) is 11.0 Å². The number of hydrogen-bond acceptors (Lipinski definition) is 9. The number of ether oxygens (including phenoxy) is 2. The molecule has 2 aromatic heterocycles. The van der Waals surface area contributed by atoms with Gasteiger partial charge < -0.3 is 19.0 Å². The molecule has 5 rings (SSSR count). The van der Waals surface area contributed by atoms with E-state index in [2.05, 4.69) is 11.6 Å². The Hall–Kier alpha value is -4.70. The SMILES string of the molecule is C=CCOc1ccc(C2C(C(=O)c3cc4ccccc4o3)=C(O)C(=O)N2c2nc(C)c(C(=O)OCC)s2)cc1. The first-order valence-corrected chi connectivity index (χ1v) is 12.9. The van der Waals surface area contributed by atoms with E-state index in [0.29, 0.717) is 34.6 Å². The van der Waals surface area contributed by atoms with Crippen molar-refractivity contribution in [2.45, 2.75) is 19.9 Å². The van der Waals surface area contributed by atoms with Gasteiger partial charge >= 0.3 is 5.97 Å². The summed E-state index contributed by atoms with van der Waals surface area (Å²) in [5.74, 6) is -2.22. The van der Waals surface area contributed by atoms with Crippen molar-refractivity contribution < 1.29 is 33.4 Å². The molecule has 198 valence electrons. The minimum absolute atomic E-state index is 0.0223. The van der Waals surface area contributed by atoms with E-state index >= 15 is 0 Å². The van der Waals surface area contributed by atoms with E-state index in [1.807, 2.05) is 6.07 Å². The Bertz CT molecular complexity index is 1600. The molecule has 2 aromatic carbocycles. The number of anilines is 1. The second-order valence-electron chi connectivity index (χ2n) is 8.62. The van der Waals surface area contributed by atoms with E-state index in [-0.39, 0.29) is 27.9 Å². The number of esters is 1. The molecule has 1 aliphatic heterocycles. The van der Waals surface area contributed by atoms with Gasteiger partial charge in [-0.2, -0.15) is 0 Å². The summed E-state index contributed by atoms with van der Waals surface area (Å²) < 4.78 is 16.5. The number of furan rings is 1. The number of benzene rings is 2. The number of thiazole rings is 1. The van der Waals surface area contributed by atoms with Gasteiger partial charge in [0.1, 0.15) is 22.8 Å². The van der Waals surface area contributed by atoms with Crippen LogP contribution in [0.4, 0.5) is 5.13 Å². The molecule has 0 fully saturated rings. The fraction of sp³-hybridized carbons (Fsp3) is 0.172. The zero-order valence-corrected chi connectivity index (χ0v) is 22.0. The lowest BCUT2D eigenvalue weighted by Crippen LogP contribution is -2.31. The van der Waals surface area contributed by atoms with Gasteiger partial charge in [0, 0.05) is 5.39 Å². The van der Waals surface area contributed by atoms with E-state index in [0.717, 1.165) is 11.3 Å². The molecule has 1 atom stereocenters. The summed E-state index contributed by atoms with van der Waals surface area (Å²) in [4.78, 5) is 45.6. The molecule has 0 bridgehead atoms. The fourth-order valence-corrected chi connectivity index (χ4v) is 5.34.